The van der Waals surface area contributed by atoms with Crippen LogP contribution in [0.5, 0.6) is 0 Å². The summed E-state index contributed by atoms with van der Waals surface area (Å²) in [7, 11) is 0. The van der Waals surface area contributed by atoms with Crippen LogP contribution in [-0.2, 0) is 5.75 Å². The number of rotatable bonds is 4. The average molecular weight is 392 g/mol. The first-order valence-corrected chi connectivity index (χ1v) is 8.10. The molecule has 20 heavy (non-hydrogen) atoms. The minimum Gasteiger partial charge on any atom is -0.478 e. The highest BCUT2D eigenvalue weighted by atomic mass is 79.9. The molecule has 0 aromatic heterocycles. The van der Waals surface area contributed by atoms with Gasteiger partial charge in [-0.2, -0.15) is 0 Å². The summed E-state index contributed by atoms with van der Waals surface area (Å²) in [6.45, 7) is 0. The molecule has 2 rings (SSSR count). The molecule has 0 bridgehead atoms. The molecule has 104 valence electrons. The molecule has 2 aromatic rings. The Labute approximate surface area is 139 Å². The minimum atomic E-state index is -0.936. The van der Waals surface area contributed by atoms with Crippen LogP contribution in [0.4, 0.5) is 0 Å². The minimum absolute atomic E-state index is 0.264. The van der Waals surface area contributed by atoms with Crippen LogP contribution in [0.2, 0.25) is 10.0 Å². The molecule has 0 aliphatic heterocycles. The number of hydrogen-bond acceptors (Lipinski definition) is 2. The standard InChI is InChI=1S/C14H9BrCl2O2S/c15-11-5-8(14(18)19)1-2-9(11)7-20-10-3-4-12(16)13(17)6-10/h1-6H,7H2,(H,18,19). The number of aromatic carboxylic acids is 1. The summed E-state index contributed by atoms with van der Waals surface area (Å²) >= 11 is 16.8. The van der Waals surface area contributed by atoms with Crippen LogP contribution in [0.1, 0.15) is 15.9 Å². The number of carbonyl (C=O) groups is 1. The lowest BCUT2D eigenvalue weighted by Gasteiger charge is -2.06. The van der Waals surface area contributed by atoms with Gasteiger partial charge in [-0.25, -0.2) is 4.79 Å². The van der Waals surface area contributed by atoms with Gasteiger partial charge in [0.05, 0.1) is 15.6 Å². The highest BCUT2D eigenvalue weighted by molar-refractivity contribution is 9.10. The summed E-state index contributed by atoms with van der Waals surface area (Å²) in [5.41, 5.74) is 1.28. The third-order valence-electron chi connectivity index (χ3n) is 2.59. The van der Waals surface area contributed by atoms with Gasteiger partial charge in [-0.1, -0.05) is 45.2 Å². The van der Waals surface area contributed by atoms with Gasteiger partial charge in [-0.3, -0.25) is 0 Å². The summed E-state index contributed by atoms with van der Waals surface area (Å²) in [6.07, 6.45) is 0. The van der Waals surface area contributed by atoms with Crippen molar-refractivity contribution in [2.45, 2.75) is 10.6 Å². The number of thioether (sulfide) groups is 1. The maximum Gasteiger partial charge on any atom is 0.335 e. The zero-order chi connectivity index (χ0) is 14.7. The Morgan fingerprint density at radius 3 is 2.50 bits per heavy atom. The van der Waals surface area contributed by atoms with E-state index in [1.54, 1.807) is 36.0 Å². The van der Waals surface area contributed by atoms with Crippen molar-refractivity contribution >= 4 is 56.9 Å². The van der Waals surface area contributed by atoms with E-state index in [-0.39, 0.29) is 5.56 Å². The Morgan fingerprint density at radius 1 is 1.15 bits per heavy atom. The van der Waals surface area contributed by atoms with Crippen LogP contribution < -0.4 is 0 Å². The molecule has 2 aromatic carbocycles. The van der Waals surface area contributed by atoms with Gasteiger partial charge in [0.15, 0.2) is 0 Å². The lowest BCUT2D eigenvalue weighted by molar-refractivity contribution is 0.0697. The molecule has 0 saturated carbocycles. The van der Waals surface area contributed by atoms with E-state index in [0.717, 1.165) is 14.9 Å². The van der Waals surface area contributed by atoms with E-state index in [1.807, 2.05) is 12.1 Å². The van der Waals surface area contributed by atoms with Gasteiger partial charge >= 0.3 is 5.97 Å². The van der Waals surface area contributed by atoms with Crippen molar-refractivity contribution in [2.24, 2.45) is 0 Å². The molecule has 0 amide bonds. The van der Waals surface area contributed by atoms with E-state index < -0.39 is 5.97 Å². The van der Waals surface area contributed by atoms with Crippen molar-refractivity contribution in [1.82, 2.24) is 0 Å². The van der Waals surface area contributed by atoms with E-state index in [0.29, 0.717) is 15.8 Å². The fourth-order valence-electron chi connectivity index (χ4n) is 1.53. The van der Waals surface area contributed by atoms with Gasteiger partial charge in [0.1, 0.15) is 0 Å². The Kier molecular flexibility index (Phi) is 5.38. The SMILES string of the molecule is O=C(O)c1ccc(CSc2ccc(Cl)c(Cl)c2)c(Br)c1. The molecule has 0 fully saturated rings. The summed E-state index contributed by atoms with van der Waals surface area (Å²) < 4.78 is 0.782. The average Bonchev–Trinajstić information content (AvgIpc) is 2.41. The fourth-order valence-corrected chi connectivity index (χ4v) is 3.53. The second kappa shape index (κ2) is 6.85. The van der Waals surface area contributed by atoms with E-state index in [1.165, 1.54) is 0 Å². The van der Waals surface area contributed by atoms with Crippen LogP contribution in [0.3, 0.4) is 0 Å². The van der Waals surface area contributed by atoms with Crippen LogP contribution in [0.25, 0.3) is 0 Å². The van der Waals surface area contributed by atoms with E-state index >= 15 is 0 Å². The summed E-state index contributed by atoms with van der Waals surface area (Å²) in [5.74, 6) is -0.229. The second-order valence-electron chi connectivity index (χ2n) is 3.98. The third kappa shape index (κ3) is 3.92. The Morgan fingerprint density at radius 2 is 1.90 bits per heavy atom. The van der Waals surface area contributed by atoms with Gasteiger partial charge in [0, 0.05) is 15.1 Å². The highest BCUT2D eigenvalue weighted by Crippen LogP contribution is 2.31. The maximum atomic E-state index is 10.9. The molecule has 0 radical (unpaired) electrons. The highest BCUT2D eigenvalue weighted by Gasteiger charge is 2.07. The predicted octanol–water partition coefficient (Wildman–Crippen LogP) is 5.75. The Balaban J connectivity index is 2.10. The monoisotopic (exact) mass is 390 g/mol. The molecule has 0 saturated heterocycles. The van der Waals surface area contributed by atoms with Gasteiger partial charge < -0.3 is 5.11 Å². The number of benzene rings is 2. The first-order chi connectivity index (χ1) is 9.47. The van der Waals surface area contributed by atoms with Gasteiger partial charge in [-0.05, 0) is 35.9 Å². The van der Waals surface area contributed by atoms with Gasteiger partial charge in [0.2, 0.25) is 0 Å². The van der Waals surface area contributed by atoms with Crippen molar-refractivity contribution in [2.75, 3.05) is 0 Å². The van der Waals surface area contributed by atoms with E-state index in [2.05, 4.69) is 15.9 Å². The molecule has 6 heteroatoms. The molecular formula is C14H9BrCl2O2S. The van der Waals surface area contributed by atoms with Gasteiger partial charge in [0.25, 0.3) is 0 Å². The molecule has 0 aliphatic carbocycles. The fraction of sp³-hybridized carbons (Fsp3) is 0.0714. The number of halogens is 3. The van der Waals surface area contributed by atoms with Crippen molar-refractivity contribution in [3.63, 3.8) is 0 Å². The lowest BCUT2D eigenvalue weighted by atomic mass is 10.1. The first kappa shape index (κ1) is 15.7. The van der Waals surface area contributed by atoms with E-state index in [9.17, 15) is 4.79 Å². The molecule has 1 N–H and O–H groups in total. The number of carboxylic acid groups (broad SMARTS) is 1. The molecule has 2 nitrogen and oxygen atoms in total. The summed E-state index contributed by atoms with van der Waals surface area (Å²) in [6, 6.07) is 10.5. The molecule has 0 heterocycles. The van der Waals surface area contributed by atoms with Crippen LogP contribution in [0, 0.1) is 0 Å². The molecule has 0 aliphatic rings. The third-order valence-corrected chi connectivity index (χ3v) is 5.11. The van der Waals surface area contributed by atoms with Crippen LogP contribution >= 0.6 is 50.9 Å². The predicted molar refractivity (Wildman–Crippen MR) is 87.1 cm³/mol. The van der Waals surface area contributed by atoms with E-state index in [4.69, 9.17) is 28.3 Å². The maximum absolute atomic E-state index is 10.9. The first-order valence-electron chi connectivity index (χ1n) is 5.57. The normalized spacial score (nSPS) is 10.6. The zero-order valence-corrected chi connectivity index (χ0v) is 14.0. The number of carboxylic acids is 1. The smallest absolute Gasteiger partial charge is 0.335 e. The molecule has 0 unspecified atom stereocenters. The van der Waals surface area contributed by atoms with Crippen molar-refractivity contribution in [1.29, 1.82) is 0 Å². The molecule has 0 atom stereocenters. The van der Waals surface area contributed by atoms with Crippen molar-refractivity contribution in [3.8, 4) is 0 Å². The van der Waals surface area contributed by atoms with Gasteiger partial charge in [-0.15, -0.1) is 11.8 Å². The van der Waals surface area contributed by atoms with Crippen molar-refractivity contribution < 1.29 is 9.90 Å². The van der Waals surface area contributed by atoms with Crippen molar-refractivity contribution in [3.05, 3.63) is 62.0 Å². The van der Waals surface area contributed by atoms with Crippen LogP contribution in [-0.4, -0.2) is 11.1 Å². The largest absolute Gasteiger partial charge is 0.478 e. The second-order valence-corrected chi connectivity index (χ2v) is 6.69. The Bertz CT molecular complexity index is 662. The zero-order valence-electron chi connectivity index (χ0n) is 10.1. The lowest BCUT2D eigenvalue weighted by Crippen LogP contribution is -1.96. The summed E-state index contributed by atoms with van der Waals surface area (Å²) in [5, 5.41) is 9.97. The van der Waals surface area contributed by atoms with Crippen LogP contribution in [0.15, 0.2) is 45.8 Å². The Hall–Kier alpha value is -0.680. The number of hydrogen-bond donors (Lipinski definition) is 1. The quantitative estimate of drug-likeness (QED) is 0.674. The molecule has 0 spiro atoms. The topological polar surface area (TPSA) is 37.3 Å². The molecular weight excluding hydrogens is 383 g/mol. The summed E-state index contributed by atoms with van der Waals surface area (Å²) in [4.78, 5) is 11.9.